The van der Waals surface area contributed by atoms with Crippen LogP contribution in [0.25, 0.3) is 0 Å². The summed E-state index contributed by atoms with van der Waals surface area (Å²) >= 11 is 6.28. The Morgan fingerprint density at radius 1 is 1.42 bits per heavy atom. The third-order valence-corrected chi connectivity index (χ3v) is 4.69. The van der Waals surface area contributed by atoms with E-state index in [1.807, 2.05) is 4.68 Å². The maximum atomic E-state index is 11.1. The van der Waals surface area contributed by atoms with Crippen LogP contribution in [0, 0.1) is 5.92 Å². The highest BCUT2D eigenvalue weighted by Crippen LogP contribution is 2.41. The molecule has 0 spiro atoms. The molecule has 2 unspecified atom stereocenters. The van der Waals surface area contributed by atoms with Crippen molar-refractivity contribution in [3.05, 3.63) is 16.9 Å². The molecule has 3 nitrogen and oxygen atoms in total. The fraction of sp³-hybridized carbons (Fsp3) is 0.800. The van der Waals surface area contributed by atoms with Crippen LogP contribution in [0.5, 0.6) is 0 Å². The minimum Gasteiger partial charge on any atom is -0.384 e. The number of hydrogen-bond acceptors (Lipinski definition) is 2. The molecule has 108 valence electrons. The SMILES string of the molecule is CCCn1ncc(Cl)c1C1(O)CCCC(CC)CC1. The van der Waals surface area contributed by atoms with Crippen molar-refractivity contribution in [2.45, 2.75) is 70.9 Å². The molecule has 0 bridgehead atoms. The van der Waals surface area contributed by atoms with Crippen molar-refractivity contribution in [1.82, 2.24) is 9.78 Å². The molecule has 0 aromatic carbocycles. The monoisotopic (exact) mass is 284 g/mol. The second-order valence-corrected chi connectivity index (χ2v) is 6.21. The largest absolute Gasteiger partial charge is 0.384 e. The van der Waals surface area contributed by atoms with Crippen LogP contribution in [0.4, 0.5) is 0 Å². The topological polar surface area (TPSA) is 38.0 Å². The molecule has 1 saturated carbocycles. The average Bonchev–Trinajstić information content (AvgIpc) is 2.65. The van der Waals surface area contributed by atoms with Crippen LogP contribution in [0.15, 0.2) is 6.20 Å². The van der Waals surface area contributed by atoms with Crippen LogP contribution in [-0.4, -0.2) is 14.9 Å². The first-order valence-corrected chi connectivity index (χ1v) is 7.92. The number of aliphatic hydroxyl groups is 1. The number of hydrogen-bond donors (Lipinski definition) is 1. The summed E-state index contributed by atoms with van der Waals surface area (Å²) in [6.07, 6.45) is 8.87. The summed E-state index contributed by atoms with van der Waals surface area (Å²) in [4.78, 5) is 0. The van der Waals surface area contributed by atoms with Gasteiger partial charge in [-0.25, -0.2) is 0 Å². The van der Waals surface area contributed by atoms with Gasteiger partial charge in [0.1, 0.15) is 5.60 Å². The normalized spacial score (nSPS) is 28.3. The minimum absolute atomic E-state index is 0.617. The lowest BCUT2D eigenvalue weighted by molar-refractivity contribution is 0.0108. The minimum atomic E-state index is -0.785. The van der Waals surface area contributed by atoms with Gasteiger partial charge in [0.15, 0.2) is 0 Å². The molecule has 4 heteroatoms. The van der Waals surface area contributed by atoms with Crippen molar-refractivity contribution >= 4 is 11.6 Å². The molecule has 2 atom stereocenters. The lowest BCUT2D eigenvalue weighted by Crippen LogP contribution is -2.29. The summed E-state index contributed by atoms with van der Waals surface area (Å²) in [7, 11) is 0. The van der Waals surface area contributed by atoms with E-state index in [1.165, 1.54) is 12.8 Å². The average molecular weight is 285 g/mol. The highest BCUT2D eigenvalue weighted by molar-refractivity contribution is 6.31. The molecule has 0 aliphatic heterocycles. The van der Waals surface area contributed by atoms with Crippen molar-refractivity contribution in [2.75, 3.05) is 0 Å². The van der Waals surface area contributed by atoms with E-state index in [0.29, 0.717) is 5.02 Å². The van der Waals surface area contributed by atoms with Gasteiger partial charge in [-0.05, 0) is 38.0 Å². The number of aryl methyl sites for hydroxylation is 1. The van der Waals surface area contributed by atoms with Gasteiger partial charge < -0.3 is 5.11 Å². The molecular weight excluding hydrogens is 260 g/mol. The number of rotatable bonds is 4. The second kappa shape index (κ2) is 6.27. The number of nitrogens with zero attached hydrogens (tertiary/aromatic N) is 2. The van der Waals surface area contributed by atoms with Crippen molar-refractivity contribution < 1.29 is 5.11 Å². The van der Waals surface area contributed by atoms with Gasteiger partial charge in [-0.3, -0.25) is 4.68 Å². The first-order valence-electron chi connectivity index (χ1n) is 7.55. The van der Waals surface area contributed by atoms with E-state index in [2.05, 4.69) is 18.9 Å². The summed E-state index contributed by atoms with van der Waals surface area (Å²) in [6, 6.07) is 0. The van der Waals surface area contributed by atoms with Crippen LogP contribution >= 0.6 is 11.6 Å². The van der Waals surface area contributed by atoms with Crippen LogP contribution in [-0.2, 0) is 12.1 Å². The summed E-state index contributed by atoms with van der Waals surface area (Å²) in [6.45, 7) is 5.18. The molecule has 1 aromatic heterocycles. The van der Waals surface area contributed by atoms with Crippen LogP contribution in [0.1, 0.15) is 64.5 Å². The highest BCUT2D eigenvalue weighted by atomic mass is 35.5. The fourth-order valence-corrected chi connectivity index (χ4v) is 3.56. The fourth-order valence-electron chi connectivity index (χ4n) is 3.25. The maximum Gasteiger partial charge on any atom is 0.108 e. The molecule has 1 fully saturated rings. The van der Waals surface area contributed by atoms with Gasteiger partial charge in [0.25, 0.3) is 0 Å². The summed E-state index contributed by atoms with van der Waals surface area (Å²) in [5.74, 6) is 0.746. The summed E-state index contributed by atoms with van der Waals surface area (Å²) in [5.41, 5.74) is 0.0555. The molecule has 1 N–H and O–H groups in total. The third-order valence-electron chi connectivity index (χ3n) is 4.42. The van der Waals surface area contributed by atoms with Crippen LogP contribution < -0.4 is 0 Å². The smallest absolute Gasteiger partial charge is 0.108 e. The quantitative estimate of drug-likeness (QED) is 0.845. The van der Waals surface area contributed by atoms with Crippen molar-refractivity contribution in [3.8, 4) is 0 Å². The van der Waals surface area contributed by atoms with E-state index in [-0.39, 0.29) is 0 Å². The van der Waals surface area contributed by atoms with Crippen molar-refractivity contribution in [2.24, 2.45) is 5.92 Å². The van der Waals surface area contributed by atoms with Gasteiger partial charge in [-0.15, -0.1) is 0 Å². The number of halogens is 1. The van der Waals surface area contributed by atoms with E-state index in [9.17, 15) is 5.11 Å². The van der Waals surface area contributed by atoms with Gasteiger partial charge in [0.05, 0.1) is 16.9 Å². The lowest BCUT2D eigenvalue weighted by atomic mass is 9.89. The third kappa shape index (κ3) is 3.14. The zero-order valence-corrected chi connectivity index (χ0v) is 12.8. The Morgan fingerprint density at radius 2 is 2.21 bits per heavy atom. The Morgan fingerprint density at radius 3 is 2.89 bits per heavy atom. The predicted molar refractivity (Wildman–Crippen MR) is 78.3 cm³/mol. The van der Waals surface area contributed by atoms with E-state index in [4.69, 9.17) is 11.6 Å². The molecule has 0 saturated heterocycles. The lowest BCUT2D eigenvalue weighted by Gasteiger charge is -2.28. The molecule has 2 rings (SSSR count). The van der Waals surface area contributed by atoms with Gasteiger partial charge in [-0.2, -0.15) is 5.10 Å². The summed E-state index contributed by atoms with van der Waals surface area (Å²) < 4.78 is 1.90. The number of aromatic nitrogens is 2. The highest BCUT2D eigenvalue weighted by Gasteiger charge is 2.36. The standard InChI is InChI=1S/C15H25ClN2O/c1-3-10-18-14(13(16)11-17-18)15(19)8-5-6-12(4-2)7-9-15/h11-12,19H,3-10H2,1-2H3. The first kappa shape index (κ1) is 14.9. The molecule has 1 heterocycles. The Hall–Kier alpha value is -0.540. The van der Waals surface area contributed by atoms with E-state index >= 15 is 0 Å². The Kier molecular flexibility index (Phi) is 4.91. The van der Waals surface area contributed by atoms with Crippen LogP contribution in [0.2, 0.25) is 5.02 Å². The van der Waals surface area contributed by atoms with Gasteiger partial charge in [0.2, 0.25) is 0 Å². The Bertz CT molecular complexity index is 418. The maximum absolute atomic E-state index is 11.1. The van der Waals surface area contributed by atoms with E-state index in [1.54, 1.807) is 6.20 Å². The zero-order valence-electron chi connectivity index (χ0n) is 12.0. The molecule has 19 heavy (non-hydrogen) atoms. The zero-order chi connectivity index (χ0) is 13.9. The molecule has 1 aliphatic rings. The molecule has 0 amide bonds. The van der Waals surface area contributed by atoms with E-state index in [0.717, 1.165) is 50.3 Å². The van der Waals surface area contributed by atoms with Crippen LogP contribution in [0.3, 0.4) is 0 Å². The molecule has 1 aromatic rings. The molecule has 1 aliphatic carbocycles. The summed E-state index contributed by atoms with van der Waals surface area (Å²) in [5, 5.41) is 16.0. The van der Waals surface area contributed by atoms with Crippen molar-refractivity contribution in [3.63, 3.8) is 0 Å². The predicted octanol–water partition coefficient (Wildman–Crippen LogP) is 4.12. The first-order chi connectivity index (χ1) is 9.10. The molecular formula is C15H25ClN2O. The second-order valence-electron chi connectivity index (χ2n) is 5.80. The van der Waals surface area contributed by atoms with Crippen molar-refractivity contribution in [1.29, 1.82) is 0 Å². The van der Waals surface area contributed by atoms with Gasteiger partial charge >= 0.3 is 0 Å². The Labute approximate surface area is 121 Å². The van der Waals surface area contributed by atoms with Gasteiger partial charge in [-0.1, -0.05) is 38.3 Å². The Balaban J connectivity index is 2.25. The van der Waals surface area contributed by atoms with E-state index < -0.39 is 5.60 Å². The van der Waals surface area contributed by atoms with Gasteiger partial charge in [0, 0.05) is 6.54 Å². The molecule has 0 radical (unpaired) electrons.